The van der Waals surface area contributed by atoms with Crippen LogP contribution in [0.5, 0.6) is 0 Å². The summed E-state index contributed by atoms with van der Waals surface area (Å²) >= 11 is 0. The Hall–Kier alpha value is -0.650. The van der Waals surface area contributed by atoms with Crippen LogP contribution < -0.4 is 10.6 Å². The molecule has 0 saturated carbocycles. The van der Waals surface area contributed by atoms with Crippen molar-refractivity contribution >= 4 is 5.91 Å². The van der Waals surface area contributed by atoms with Crippen LogP contribution in [0.15, 0.2) is 0 Å². The highest BCUT2D eigenvalue weighted by atomic mass is 16.5. The van der Waals surface area contributed by atoms with E-state index in [9.17, 15) is 4.79 Å². The van der Waals surface area contributed by atoms with Crippen LogP contribution in [-0.2, 0) is 14.3 Å². The van der Waals surface area contributed by atoms with Crippen LogP contribution in [0.2, 0.25) is 0 Å². The molecular weight excluding hydrogens is 232 g/mol. The molecule has 0 bridgehead atoms. The molecule has 1 heterocycles. The highest BCUT2D eigenvalue weighted by molar-refractivity contribution is 5.82. The Bertz CT molecular complexity index is 236. The third-order valence-corrected chi connectivity index (χ3v) is 3.25. The maximum absolute atomic E-state index is 11.9. The molecule has 0 radical (unpaired) electrons. The summed E-state index contributed by atoms with van der Waals surface area (Å²) in [6.07, 6.45) is 3.14. The standard InChI is InChI=1S/C13H26N2O3/c1-11-5-3-6-14-12(11)13(16)15-7-4-8-18-10-9-17-2/h11-12,14H,3-10H2,1-2H3,(H,15,16). The van der Waals surface area contributed by atoms with Gasteiger partial charge in [0.05, 0.1) is 19.3 Å². The zero-order valence-corrected chi connectivity index (χ0v) is 11.5. The Balaban J connectivity index is 2.02. The molecule has 1 aliphatic heterocycles. The number of hydrogen-bond acceptors (Lipinski definition) is 4. The third-order valence-electron chi connectivity index (χ3n) is 3.25. The van der Waals surface area contributed by atoms with Gasteiger partial charge in [-0.3, -0.25) is 4.79 Å². The summed E-state index contributed by atoms with van der Waals surface area (Å²) in [5.74, 6) is 0.552. The van der Waals surface area contributed by atoms with Crippen LogP contribution in [0.4, 0.5) is 0 Å². The average molecular weight is 258 g/mol. The molecule has 2 unspecified atom stereocenters. The number of nitrogens with one attached hydrogen (secondary N) is 2. The van der Waals surface area contributed by atoms with Crippen LogP contribution in [-0.4, -0.2) is 52.0 Å². The highest BCUT2D eigenvalue weighted by Crippen LogP contribution is 2.15. The molecule has 2 atom stereocenters. The molecule has 0 aliphatic carbocycles. The second-order valence-electron chi connectivity index (χ2n) is 4.80. The molecule has 2 N–H and O–H groups in total. The topological polar surface area (TPSA) is 59.6 Å². The molecule has 1 amide bonds. The maximum Gasteiger partial charge on any atom is 0.237 e. The maximum atomic E-state index is 11.9. The van der Waals surface area contributed by atoms with Crippen molar-refractivity contribution in [2.75, 3.05) is 40.0 Å². The summed E-state index contributed by atoms with van der Waals surface area (Å²) in [6, 6.07) is -0.0202. The van der Waals surface area contributed by atoms with Gasteiger partial charge in [-0.25, -0.2) is 0 Å². The number of hydrogen-bond donors (Lipinski definition) is 2. The van der Waals surface area contributed by atoms with Crippen molar-refractivity contribution in [1.29, 1.82) is 0 Å². The summed E-state index contributed by atoms with van der Waals surface area (Å²) < 4.78 is 10.2. The summed E-state index contributed by atoms with van der Waals surface area (Å²) in [4.78, 5) is 11.9. The molecule has 5 nitrogen and oxygen atoms in total. The lowest BCUT2D eigenvalue weighted by molar-refractivity contribution is -0.124. The lowest BCUT2D eigenvalue weighted by Gasteiger charge is -2.28. The van der Waals surface area contributed by atoms with Crippen molar-refractivity contribution in [3.8, 4) is 0 Å². The first-order valence-corrected chi connectivity index (χ1v) is 6.83. The first kappa shape index (κ1) is 15.4. The largest absolute Gasteiger partial charge is 0.382 e. The minimum Gasteiger partial charge on any atom is -0.382 e. The van der Waals surface area contributed by atoms with E-state index in [1.54, 1.807) is 7.11 Å². The van der Waals surface area contributed by atoms with Crippen LogP contribution >= 0.6 is 0 Å². The molecule has 0 aromatic rings. The normalized spacial score (nSPS) is 23.9. The van der Waals surface area contributed by atoms with E-state index < -0.39 is 0 Å². The summed E-state index contributed by atoms with van der Waals surface area (Å²) in [5.41, 5.74) is 0. The fourth-order valence-corrected chi connectivity index (χ4v) is 2.14. The molecule has 18 heavy (non-hydrogen) atoms. The van der Waals surface area contributed by atoms with Crippen molar-refractivity contribution in [1.82, 2.24) is 10.6 Å². The van der Waals surface area contributed by atoms with E-state index in [2.05, 4.69) is 17.6 Å². The van der Waals surface area contributed by atoms with Gasteiger partial charge in [0.1, 0.15) is 0 Å². The third kappa shape index (κ3) is 5.80. The number of piperidine rings is 1. The van der Waals surface area contributed by atoms with Gasteiger partial charge in [-0.05, 0) is 31.7 Å². The number of carbonyl (C=O) groups is 1. The molecule has 0 aromatic carbocycles. The summed E-state index contributed by atoms with van der Waals surface area (Å²) in [5, 5.41) is 6.24. The second-order valence-corrected chi connectivity index (χ2v) is 4.80. The molecule has 106 valence electrons. The molecule has 1 rings (SSSR count). The predicted octanol–water partition coefficient (Wildman–Crippen LogP) is 0.544. The molecule has 5 heteroatoms. The lowest BCUT2D eigenvalue weighted by Crippen LogP contribution is -2.51. The molecule has 1 saturated heterocycles. The zero-order chi connectivity index (χ0) is 13.2. The number of carbonyl (C=O) groups excluding carboxylic acids is 1. The Labute approximate surface area is 110 Å². The van der Waals surface area contributed by atoms with Gasteiger partial charge in [0, 0.05) is 20.3 Å². The average Bonchev–Trinajstić information content (AvgIpc) is 2.38. The van der Waals surface area contributed by atoms with E-state index in [-0.39, 0.29) is 11.9 Å². The molecule has 1 fully saturated rings. The van der Waals surface area contributed by atoms with E-state index in [1.165, 1.54) is 0 Å². The van der Waals surface area contributed by atoms with Crippen LogP contribution in [0.25, 0.3) is 0 Å². The van der Waals surface area contributed by atoms with Gasteiger partial charge in [0.25, 0.3) is 0 Å². The van der Waals surface area contributed by atoms with E-state index in [0.29, 0.717) is 32.3 Å². The monoisotopic (exact) mass is 258 g/mol. The SMILES string of the molecule is COCCOCCCNC(=O)C1NCCCC1C. The summed E-state index contributed by atoms with van der Waals surface area (Å²) in [7, 11) is 1.65. The van der Waals surface area contributed by atoms with Crippen molar-refractivity contribution in [2.24, 2.45) is 5.92 Å². The molecule has 0 aromatic heterocycles. The molecular formula is C13H26N2O3. The first-order valence-electron chi connectivity index (χ1n) is 6.83. The Kier molecular flexibility index (Phi) is 7.96. The number of amides is 1. The fraction of sp³-hybridized carbons (Fsp3) is 0.923. The van der Waals surface area contributed by atoms with Crippen molar-refractivity contribution in [3.63, 3.8) is 0 Å². The molecule has 1 aliphatic rings. The van der Waals surface area contributed by atoms with Gasteiger partial charge >= 0.3 is 0 Å². The Morgan fingerprint density at radius 2 is 2.22 bits per heavy atom. The Morgan fingerprint density at radius 1 is 1.39 bits per heavy atom. The second kappa shape index (κ2) is 9.30. The van der Waals surface area contributed by atoms with Crippen molar-refractivity contribution in [3.05, 3.63) is 0 Å². The van der Waals surface area contributed by atoms with E-state index in [4.69, 9.17) is 9.47 Å². The van der Waals surface area contributed by atoms with Crippen LogP contribution in [0.3, 0.4) is 0 Å². The highest BCUT2D eigenvalue weighted by Gasteiger charge is 2.26. The van der Waals surface area contributed by atoms with Gasteiger partial charge in [-0.1, -0.05) is 6.92 Å². The molecule has 0 spiro atoms. The number of rotatable bonds is 8. The van der Waals surface area contributed by atoms with E-state index in [1.807, 2.05) is 0 Å². The van der Waals surface area contributed by atoms with Crippen molar-refractivity contribution in [2.45, 2.75) is 32.2 Å². The summed E-state index contributed by atoms with van der Waals surface area (Å²) in [6.45, 7) is 5.66. The first-order chi connectivity index (χ1) is 8.75. The van der Waals surface area contributed by atoms with Gasteiger partial charge in [0.2, 0.25) is 5.91 Å². The number of ether oxygens (including phenoxy) is 2. The van der Waals surface area contributed by atoms with E-state index in [0.717, 1.165) is 25.8 Å². The van der Waals surface area contributed by atoms with Gasteiger partial charge < -0.3 is 20.1 Å². The predicted molar refractivity (Wildman–Crippen MR) is 70.5 cm³/mol. The van der Waals surface area contributed by atoms with Crippen LogP contribution in [0, 0.1) is 5.92 Å². The minimum absolute atomic E-state index is 0.0202. The van der Waals surface area contributed by atoms with Gasteiger partial charge in [-0.2, -0.15) is 0 Å². The quantitative estimate of drug-likeness (QED) is 0.624. The van der Waals surface area contributed by atoms with Gasteiger partial charge in [0.15, 0.2) is 0 Å². The smallest absolute Gasteiger partial charge is 0.237 e. The lowest BCUT2D eigenvalue weighted by atomic mass is 9.92. The number of methoxy groups -OCH3 is 1. The minimum atomic E-state index is -0.0202. The zero-order valence-electron chi connectivity index (χ0n) is 11.5. The van der Waals surface area contributed by atoms with Crippen LogP contribution in [0.1, 0.15) is 26.2 Å². The van der Waals surface area contributed by atoms with Crippen molar-refractivity contribution < 1.29 is 14.3 Å². The Morgan fingerprint density at radius 3 is 2.94 bits per heavy atom. The van der Waals surface area contributed by atoms with E-state index >= 15 is 0 Å². The fourth-order valence-electron chi connectivity index (χ4n) is 2.14. The van der Waals surface area contributed by atoms with Gasteiger partial charge in [-0.15, -0.1) is 0 Å².